The molecule has 0 bridgehead atoms. The number of hydrogen-bond acceptors (Lipinski definition) is 3. The average Bonchev–Trinajstić information content (AvgIpc) is 2.47. The Labute approximate surface area is 126 Å². The number of hydrogen-bond donors (Lipinski definition) is 2. The number of nitrogens with one attached hydrogen (secondary N) is 1. The van der Waals surface area contributed by atoms with E-state index in [1.807, 2.05) is 0 Å². The molecule has 0 spiro atoms. The molecule has 0 radical (unpaired) electrons. The second kappa shape index (κ2) is 6.42. The lowest BCUT2D eigenvalue weighted by molar-refractivity contribution is 0.219. The monoisotopic (exact) mass is 314 g/mol. The molecule has 0 saturated heterocycles. The highest BCUT2D eigenvalue weighted by molar-refractivity contribution is 7.89. The van der Waals surface area contributed by atoms with Crippen LogP contribution < -0.4 is 10.5 Å². The van der Waals surface area contributed by atoms with Gasteiger partial charge < -0.3 is 5.73 Å². The molecule has 0 aliphatic heterocycles. The van der Waals surface area contributed by atoms with E-state index < -0.39 is 15.8 Å². The van der Waals surface area contributed by atoms with Crippen LogP contribution in [0, 0.1) is 11.2 Å². The molecule has 1 aromatic carbocycles. The Hall–Kier alpha value is -0.980. The van der Waals surface area contributed by atoms with Crippen molar-refractivity contribution in [3.8, 4) is 0 Å². The summed E-state index contributed by atoms with van der Waals surface area (Å²) in [6, 6.07) is 3.96. The van der Waals surface area contributed by atoms with Gasteiger partial charge in [0, 0.05) is 13.1 Å². The van der Waals surface area contributed by atoms with Gasteiger partial charge in [0.2, 0.25) is 10.0 Å². The van der Waals surface area contributed by atoms with E-state index in [9.17, 15) is 12.8 Å². The summed E-state index contributed by atoms with van der Waals surface area (Å²) in [6.45, 7) is 2.61. The van der Waals surface area contributed by atoms with Crippen molar-refractivity contribution in [2.24, 2.45) is 11.1 Å². The summed E-state index contributed by atoms with van der Waals surface area (Å²) in [7, 11) is -3.84. The predicted octanol–water partition coefficient (Wildman–Crippen LogP) is 2.53. The highest BCUT2D eigenvalue weighted by Crippen LogP contribution is 2.35. The first-order valence-electron chi connectivity index (χ1n) is 7.34. The van der Waals surface area contributed by atoms with Gasteiger partial charge in [-0.1, -0.05) is 32.3 Å². The van der Waals surface area contributed by atoms with Crippen LogP contribution in [0.1, 0.15) is 44.6 Å². The van der Waals surface area contributed by atoms with Gasteiger partial charge in [0.15, 0.2) is 0 Å². The fraction of sp³-hybridized carbons (Fsp3) is 0.600. The molecule has 118 valence electrons. The Balaban J connectivity index is 2.15. The third-order valence-electron chi connectivity index (χ3n) is 4.27. The zero-order valence-electron chi connectivity index (χ0n) is 12.4. The van der Waals surface area contributed by atoms with Gasteiger partial charge in [-0.05, 0) is 36.0 Å². The average molecular weight is 314 g/mol. The molecular formula is C15H23FN2O2S. The lowest BCUT2D eigenvalue weighted by Crippen LogP contribution is -2.37. The maximum atomic E-state index is 13.8. The van der Waals surface area contributed by atoms with Crippen molar-refractivity contribution in [1.29, 1.82) is 0 Å². The van der Waals surface area contributed by atoms with Crippen LogP contribution in [0.25, 0.3) is 0 Å². The second-order valence-corrected chi connectivity index (χ2v) is 7.90. The van der Waals surface area contributed by atoms with Crippen molar-refractivity contribution in [3.63, 3.8) is 0 Å². The van der Waals surface area contributed by atoms with Gasteiger partial charge in [0.25, 0.3) is 0 Å². The third-order valence-corrected chi connectivity index (χ3v) is 5.69. The number of halogens is 1. The van der Waals surface area contributed by atoms with Crippen LogP contribution >= 0.6 is 0 Å². The Morgan fingerprint density at radius 2 is 1.95 bits per heavy atom. The molecule has 0 heterocycles. The fourth-order valence-electron chi connectivity index (χ4n) is 2.81. The third kappa shape index (κ3) is 4.02. The Morgan fingerprint density at radius 1 is 1.29 bits per heavy atom. The molecule has 1 aliphatic rings. The molecule has 21 heavy (non-hydrogen) atoms. The van der Waals surface area contributed by atoms with Gasteiger partial charge in [-0.3, -0.25) is 0 Å². The highest BCUT2D eigenvalue weighted by atomic mass is 32.2. The van der Waals surface area contributed by atoms with Crippen LogP contribution in [0.3, 0.4) is 0 Å². The van der Waals surface area contributed by atoms with Crippen molar-refractivity contribution in [2.45, 2.75) is 50.5 Å². The highest BCUT2D eigenvalue weighted by Gasteiger charge is 2.29. The smallest absolute Gasteiger partial charge is 0.243 e. The molecule has 0 unspecified atom stereocenters. The zero-order chi connectivity index (χ0) is 15.5. The van der Waals surface area contributed by atoms with E-state index in [1.54, 1.807) is 0 Å². The van der Waals surface area contributed by atoms with Crippen LogP contribution in [0.5, 0.6) is 0 Å². The first-order valence-corrected chi connectivity index (χ1v) is 8.83. The molecule has 1 aliphatic carbocycles. The first-order chi connectivity index (χ1) is 9.86. The summed E-state index contributed by atoms with van der Waals surface area (Å²) in [5.74, 6) is -0.742. The summed E-state index contributed by atoms with van der Waals surface area (Å²) < 4.78 is 41.0. The van der Waals surface area contributed by atoms with E-state index in [1.165, 1.54) is 18.6 Å². The molecule has 1 fully saturated rings. The van der Waals surface area contributed by atoms with E-state index in [-0.39, 0.29) is 16.9 Å². The van der Waals surface area contributed by atoms with Crippen molar-refractivity contribution >= 4 is 10.0 Å². The van der Waals surface area contributed by atoms with Gasteiger partial charge in [0.1, 0.15) is 10.7 Å². The standard InChI is InChI=1S/C15H23FN2O2S/c1-15(7-3-2-4-8-15)11-18-21(19,20)14-9-12(10-17)5-6-13(14)16/h5-6,9,18H,2-4,7-8,10-11,17H2,1H3. The lowest BCUT2D eigenvalue weighted by atomic mass is 9.76. The van der Waals surface area contributed by atoms with Gasteiger partial charge in [-0.15, -0.1) is 0 Å². The summed E-state index contributed by atoms with van der Waals surface area (Å²) in [4.78, 5) is -0.315. The maximum Gasteiger partial charge on any atom is 0.243 e. The summed E-state index contributed by atoms with van der Waals surface area (Å²) in [6.07, 6.45) is 5.45. The molecule has 3 N–H and O–H groups in total. The Bertz CT molecular complexity index is 596. The van der Waals surface area contributed by atoms with Crippen molar-refractivity contribution in [1.82, 2.24) is 4.72 Å². The minimum Gasteiger partial charge on any atom is -0.326 e. The van der Waals surface area contributed by atoms with Gasteiger partial charge in [-0.25, -0.2) is 17.5 Å². The van der Waals surface area contributed by atoms with Crippen LogP contribution in [0.15, 0.2) is 23.1 Å². The van der Waals surface area contributed by atoms with E-state index in [0.29, 0.717) is 12.1 Å². The topological polar surface area (TPSA) is 72.2 Å². The molecule has 0 amide bonds. The van der Waals surface area contributed by atoms with E-state index >= 15 is 0 Å². The van der Waals surface area contributed by atoms with E-state index in [2.05, 4.69) is 11.6 Å². The summed E-state index contributed by atoms with van der Waals surface area (Å²) in [5.41, 5.74) is 6.05. The fourth-order valence-corrected chi connectivity index (χ4v) is 4.14. The SMILES string of the molecule is CC1(CNS(=O)(=O)c2cc(CN)ccc2F)CCCCC1. The van der Waals surface area contributed by atoms with Gasteiger partial charge in [0.05, 0.1) is 0 Å². The second-order valence-electron chi connectivity index (χ2n) is 6.16. The number of sulfonamides is 1. The Morgan fingerprint density at radius 3 is 2.57 bits per heavy atom. The van der Waals surface area contributed by atoms with Crippen LogP contribution in [-0.4, -0.2) is 15.0 Å². The van der Waals surface area contributed by atoms with Crippen LogP contribution in [-0.2, 0) is 16.6 Å². The van der Waals surface area contributed by atoms with Gasteiger partial charge in [-0.2, -0.15) is 0 Å². The van der Waals surface area contributed by atoms with Crippen molar-refractivity contribution in [2.75, 3.05) is 6.54 Å². The van der Waals surface area contributed by atoms with Crippen molar-refractivity contribution < 1.29 is 12.8 Å². The first kappa shape index (κ1) is 16.4. The molecule has 0 atom stereocenters. The molecule has 1 saturated carbocycles. The molecule has 0 aromatic heterocycles. The largest absolute Gasteiger partial charge is 0.326 e. The number of nitrogens with two attached hydrogens (primary N) is 1. The minimum atomic E-state index is -3.84. The number of benzene rings is 1. The predicted molar refractivity (Wildman–Crippen MR) is 80.7 cm³/mol. The zero-order valence-corrected chi connectivity index (χ0v) is 13.2. The molecule has 1 aromatic rings. The summed E-state index contributed by atoms with van der Waals surface area (Å²) >= 11 is 0. The van der Waals surface area contributed by atoms with Gasteiger partial charge >= 0.3 is 0 Å². The molecule has 2 rings (SSSR count). The van der Waals surface area contributed by atoms with E-state index in [4.69, 9.17) is 5.73 Å². The van der Waals surface area contributed by atoms with E-state index in [0.717, 1.165) is 31.7 Å². The maximum absolute atomic E-state index is 13.8. The quantitative estimate of drug-likeness (QED) is 0.877. The molecule has 4 nitrogen and oxygen atoms in total. The van der Waals surface area contributed by atoms with Crippen molar-refractivity contribution in [3.05, 3.63) is 29.6 Å². The Kier molecular flexibility index (Phi) is 5.01. The summed E-state index contributed by atoms with van der Waals surface area (Å²) in [5, 5.41) is 0. The minimum absolute atomic E-state index is 0.0345. The molecular weight excluding hydrogens is 291 g/mol. The van der Waals surface area contributed by atoms with Crippen LogP contribution in [0.2, 0.25) is 0 Å². The van der Waals surface area contributed by atoms with Crippen LogP contribution in [0.4, 0.5) is 4.39 Å². The number of rotatable bonds is 5. The normalized spacial score (nSPS) is 18.6. The lowest BCUT2D eigenvalue weighted by Gasteiger charge is -2.33. The molecule has 6 heteroatoms.